The van der Waals surface area contributed by atoms with E-state index in [-0.39, 0.29) is 17.9 Å². The lowest BCUT2D eigenvalue weighted by atomic mass is 9.89. The van der Waals surface area contributed by atoms with Crippen molar-refractivity contribution in [3.8, 4) is 0 Å². The van der Waals surface area contributed by atoms with Crippen LogP contribution in [0.3, 0.4) is 0 Å². The number of hydrogen-bond acceptors (Lipinski definition) is 4. The molecule has 1 aromatic heterocycles. The molecule has 1 aliphatic rings. The third-order valence-corrected chi connectivity index (χ3v) is 6.85. The van der Waals surface area contributed by atoms with Crippen molar-refractivity contribution in [3.05, 3.63) is 82.0 Å². The van der Waals surface area contributed by atoms with Crippen LogP contribution in [0.5, 0.6) is 0 Å². The Morgan fingerprint density at radius 3 is 2.42 bits per heavy atom. The number of carbonyl (C=O) groups is 2. The summed E-state index contributed by atoms with van der Waals surface area (Å²) in [5, 5.41) is 7.82. The van der Waals surface area contributed by atoms with E-state index in [0.717, 1.165) is 38.0 Å². The number of hydrogen-bond donors (Lipinski definition) is 2. The van der Waals surface area contributed by atoms with Gasteiger partial charge in [-0.3, -0.25) is 9.59 Å². The van der Waals surface area contributed by atoms with Crippen molar-refractivity contribution in [2.75, 3.05) is 23.3 Å². The van der Waals surface area contributed by atoms with Gasteiger partial charge in [-0.25, -0.2) is 0 Å². The lowest BCUT2D eigenvalue weighted by molar-refractivity contribution is 0.0942. The summed E-state index contributed by atoms with van der Waals surface area (Å²) in [6, 6.07) is 20.0. The van der Waals surface area contributed by atoms with Crippen LogP contribution < -0.4 is 15.5 Å². The average Bonchev–Trinajstić information content (AvgIpc) is 3.35. The smallest absolute Gasteiger partial charge is 0.265 e. The van der Waals surface area contributed by atoms with E-state index in [1.165, 1.54) is 16.9 Å². The quantitative estimate of drug-likeness (QED) is 0.482. The molecule has 0 atom stereocenters. The molecule has 172 valence electrons. The van der Waals surface area contributed by atoms with Crippen LogP contribution in [0.2, 0.25) is 0 Å². The van der Waals surface area contributed by atoms with Crippen molar-refractivity contribution in [1.82, 2.24) is 5.32 Å². The Morgan fingerprint density at radius 2 is 1.76 bits per heavy atom. The van der Waals surface area contributed by atoms with Gasteiger partial charge in [0, 0.05) is 30.5 Å². The van der Waals surface area contributed by atoms with E-state index >= 15 is 0 Å². The van der Waals surface area contributed by atoms with Gasteiger partial charge in [-0.05, 0) is 74.2 Å². The Morgan fingerprint density at radius 1 is 1.00 bits per heavy atom. The molecule has 5 nitrogen and oxygen atoms in total. The van der Waals surface area contributed by atoms with Gasteiger partial charge < -0.3 is 15.5 Å². The maximum atomic E-state index is 13.0. The molecule has 2 aromatic carbocycles. The Kier molecular flexibility index (Phi) is 7.45. The zero-order chi connectivity index (χ0) is 23.2. The normalized spacial score (nSPS) is 14.3. The van der Waals surface area contributed by atoms with E-state index in [1.807, 2.05) is 37.4 Å². The highest BCUT2D eigenvalue weighted by Crippen LogP contribution is 2.30. The van der Waals surface area contributed by atoms with Crippen LogP contribution in [0.25, 0.3) is 0 Å². The number of rotatable bonds is 7. The van der Waals surface area contributed by atoms with E-state index in [1.54, 1.807) is 12.1 Å². The van der Waals surface area contributed by atoms with Crippen LogP contribution in [0.15, 0.2) is 66.0 Å². The van der Waals surface area contributed by atoms with Crippen molar-refractivity contribution in [2.45, 2.75) is 39.2 Å². The Bertz CT molecular complexity index is 1070. The second kappa shape index (κ2) is 10.7. The molecule has 1 fully saturated rings. The SMILES string of the molecule is CC(C)NC(=O)c1cc(NC(=O)c2cccs2)ccc1N1CCC(Cc2ccccc2)CC1. The molecule has 4 rings (SSSR count). The van der Waals surface area contributed by atoms with Crippen LogP contribution in [0, 0.1) is 5.92 Å². The largest absolute Gasteiger partial charge is 0.371 e. The predicted molar refractivity (Wildman–Crippen MR) is 136 cm³/mol. The number of benzene rings is 2. The minimum absolute atomic E-state index is 0.0336. The molecule has 0 radical (unpaired) electrons. The molecule has 3 aromatic rings. The Hall–Kier alpha value is -3.12. The number of nitrogens with zero attached hydrogens (tertiary/aromatic N) is 1. The summed E-state index contributed by atoms with van der Waals surface area (Å²) in [6.07, 6.45) is 3.29. The fourth-order valence-electron chi connectivity index (χ4n) is 4.34. The maximum Gasteiger partial charge on any atom is 0.265 e. The highest BCUT2D eigenvalue weighted by molar-refractivity contribution is 7.12. The zero-order valence-corrected chi connectivity index (χ0v) is 20.0. The van der Waals surface area contributed by atoms with Crippen molar-refractivity contribution in [3.63, 3.8) is 0 Å². The summed E-state index contributed by atoms with van der Waals surface area (Å²) in [6.45, 7) is 5.74. The van der Waals surface area contributed by atoms with Gasteiger partial charge in [0.25, 0.3) is 11.8 Å². The van der Waals surface area contributed by atoms with Gasteiger partial charge in [-0.2, -0.15) is 0 Å². The summed E-state index contributed by atoms with van der Waals surface area (Å²) < 4.78 is 0. The van der Waals surface area contributed by atoms with E-state index in [2.05, 4.69) is 45.9 Å². The minimum Gasteiger partial charge on any atom is -0.371 e. The molecule has 2 amide bonds. The third kappa shape index (κ3) is 6.02. The summed E-state index contributed by atoms with van der Waals surface area (Å²) >= 11 is 1.40. The molecule has 1 aliphatic heterocycles. The summed E-state index contributed by atoms with van der Waals surface area (Å²) in [5.74, 6) is 0.384. The third-order valence-electron chi connectivity index (χ3n) is 5.99. The molecule has 1 saturated heterocycles. The number of thiophene rings is 1. The lowest BCUT2D eigenvalue weighted by Gasteiger charge is -2.35. The molecule has 33 heavy (non-hydrogen) atoms. The second-order valence-corrected chi connectivity index (χ2v) is 9.86. The molecule has 6 heteroatoms. The van der Waals surface area contributed by atoms with E-state index in [0.29, 0.717) is 22.0 Å². The van der Waals surface area contributed by atoms with Gasteiger partial charge in [0.1, 0.15) is 0 Å². The van der Waals surface area contributed by atoms with Crippen LogP contribution in [-0.2, 0) is 6.42 Å². The minimum atomic E-state index is -0.158. The standard InChI is InChI=1S/C27H31N3O2S/c1-19(2)28-26(31)23-18-22(29-27(32)25-9-6-16-33-25)10-11-24(23)30-14-12-21(13-15-30)17-20-7-4-3-5-8-20/h3-11,16,18-19,21H,12-15,17H2,1-2H3,(H,28,31)(H,29,32). The second-order valence-electron chi connectivity index (χ2n) is 8.91. The van der Waals surface area contributed by atoms with Gasteiger partial charge in [0.2, 0.25) is 0 Å². The average molecular weight is 462 g/mol. The van der Waals surface area contributed by atoms with E-state index in [9.17, 15) is 9.59 Å². The fourth-order valence-corrected chi connectivity index (χ4v) is 4.96. The van der Waals surface area contributed by atoms with Crippen molar-refractivity contribution in [1.29, 1.82) is 0 Å². The first-order chi connectivity index (χ1) is 16.0. The maximum absolute atomic E-state index is 13.0. The first kappa shape index (κ1) is 23.1. The number of piperidine rings is 1. The van der Waals surface area contributed by atoms with E-state index in [4.69, 9.17) is 0 Å². The number of anilines is 2. The van der Waals surface area contributed by atoms with Crippen LogP contribution >= 0.6 is 11.3 Å². The highest BCUT2D eigenvalue weighted by atomic mass is 32.1. The molecular weight excluding hydrogens is 430 g/mol. The predicted octanol–water partition coefficient (Wildman–Crippen LogP) is 5.60. The monoisotopic (exact) mass is 461 g/mol. The lowest BCUT2D eigenvalue weighted by Crippen LogP contribution is -2.37. The van der Waals surface area contributed by atoms with Crippen LogP contribution in [0.1, 0.15) is 52.3 Å². The molecule has 2 heterocycles. The van der Waals surface area contributed by atoms with Crippen molar-refractivity contribution < 1.29 is 9.59 Å². The van der Waals surface area contributed by atoms with Gasteiger partial charge in [-0.1, -0.05) is 36.4 Å². The molecule has 0 unspecified atom stereocenters. The fraction of sp³-hybridized carbons (Fsp3) is 0.333. The van der Waals surface area contributed by atoms with Crippen LogP contribution in [-0.4, -0.2) is 30.9 Å². The Labute approximate surface area is 199 Å². The molecule has 2 N–H and O–H groups in total. The Balaban J connectivity index is 1.49. The molecule has 0 saturated carbocycles. The van der Waals surface area contributed by atoms with Crippen molar-refractivity contribution >= 4 is 34.5 Å². The summed E-state index contributed by atoms with van der Waals surface area (Å²) in [5.41, 5.74) is 3.55. The van der Waals surface area contributed by atoms with Gasteiger partial charge >= 0.3 is 0 Å². The van der Waals surface area contributed by atoms with Gasteiger partial charge in [0.15, 0.2) is 0 Å². The first-order valence-corrected chi connectivity index (χ1v) is 12.5. The molecule has 0 spiro atoms. The van der Waals surface area contributed by atoms with Gasteiger partial charge in [0.05, 0.1) is 10.4 Å². The van der Waals surface area contributed by atoms with E-state index < -0.39 is 0 Å². The van der Waals surface area contributed by atoms with Crippen LogP contribution in [0.4, 0.5) is 11.4 Å². The van der Waals surface area contributed by atoms with Gasteiger partial charge in [-0.15, -0.1) is 11.3 Å². The molecule has 0 bridgehead atoms. The first-order valence-electron chi connectivity index (χ1n) is 11.6. The number of carbonyl (C=O) groups excluding carboxylic acids is 2. The highest BCUT2D eigenvalue weighted by Gasteiger charge is 2.24. The summed E-state index contributed by atoms with van der Waals surface area (Å²) in [4.78, 5) is 28.5. The molecule has 0 aliphatic carbocycles. The molecular formula is C27H31N3O2S. The number of nitrogens with one attached hydrogen (secondary N) is 2. The summed E-state index contributed by atoms with van der Waals surface area (Å²) in [7, 11) is 0. The van der Waals surface area contributed by atoms with Crippen molar-refractivity contribution in [2.24, 2.45) is 5.92 Å². The number of amides is 2. The topological polar surface area (TPSA) is 61.4 Å². The zero-order valence-electron chi connectivity index (χ0n) is 19.2.